The average molecular weight is 354 g/mol. The fourth-order valence-corrected chi connectivity index (χ4v) is 2.05. The molecule has 0 saturated heterocycles. The van der Waals surface area contributed by atoms with Gasteiger partial charge < -0.3 is 15.5 Å². The van der Waals surface area contributed by atoms with E-state index in [4.69, 9.17) is 5.73 Å². The minimum atomic E-state index is 0. The van der Waals surface area contributed by atoms with Gasteiger partial charge in [0.2, 0.25) is 0 Å². The quantitative estimate of drug-likeness (QED) is 0.448. The van der Waals surface area contributed by atoms with Gasteiger partial charge in [-0.15, -0.1) is 24.0 Å². The van der Waals surface area contributed by atoms with E-state index in [2.05, 4.69) is 42.7 Å². The van der Waals surface area contributed by atoms with Crippen LogP contribution in [-0.4, -0.2) is 55.5 Å². The van der Waals surface area contributed by atoms with Crippen molar-refractivity contribution in [3.8, 4) is 0 Å². The third-order valence-corrected chi connectivity index (χ3v) is 3.36. The Morgan fingerprint density at radius 3 is 2.18 bits per heavy atom. The van der Waals surface area contributed by atoms with Gasteiger partial charge in [-0.1, -0.05) is 0 Å². The van der Waals surface area contributed by atoms with E-state index in [1.807, 2.05) is 0 Å². The van der Waals surface area contributed by atoms with E-state index >= 15 is 0 Å². The van der Waals surface area contributed by atoms with Crippen LogP contribution in [0.5, 0.6) is 0 Å². The first-order valence-corrected chi connectivity index (χ1v) is 6.31. The molecule has 1 aliphatic rings. The number of hydrogen-bond donors (Lipinski definition) is 1. The van der Waals surface area contributed by atoms with Crippen LogP contribution in [-0.2, 0) is 0 Å². The highest BCUT2D eigenvalue weighted by molar-refractivity contribution is 14.0. The summed E-state index contributed by atoms with van der Waals surface area (Å²) in [6, 6.07) is 0.564. The van der Waals surface area contributed by atoms with Crippen molar-refractivity contribution in [2.45, 2.75) is 32.7 Å². The van der Waals surface area contributed by atoms with Crippen molar-refractivity contribution in [3.05, 3.63) is 0 Å². The number of aliphatic imine (C=N–C) groups is 1. The second-order valence-corrected chi connectivity index (χ2v) is 4.74. The zero-order chi connectivity index (χ0) is 12.1. The minimum absolute atomic E-state index is 0. The van der Waals surface area contributed by atoms with Gasteiger partial charge >= 0.3 is 0 Å². The van der Waals surface area contributed by atoms with Gasteiger partial charge in [0, 0.05) is 19.1 Å². The molecular formula is C12H27IN4. The predicted octanol–water partition coefficient (Wildman–Crippen LogP) is 1.60. The van der Waals surface area contributed by atoms with E-state index in [0.29, 0.717) is 12.0 Å². The molecule has 1 aliphatic carbocycles. The zero-order valence-electron chi connectivity index (χ0n) is 11.5. The van der Waals surface area contributed by atoms with E-state index in [9.17, 15) is 0 Å². The molecule has 0 aliphatic heterocycles. The highest BCUT2D eigenvalue weighted by Crippen LogP contribution is 2.34. The first-order valence-electron chi connectivity index (χ1n) is 6.31. The highest BCUT2D eigenvalue weighted by Gasteiger charge is 2.32. The number of rotatable bonds is 6. The first-order chi connectivity index (χ1) is 7.60. The van der Waals surface area contributed by atoms with Gasteiger partial charge in [-0.2, -0.15) is 0 Å². The van der Waals surface area contributed by atoms with Crippen molar-refractivity contribution in [1.82, 2.24) is 9.80 Å². The molecule has 2 N–H and O–H groups in total. The molecular weight excluding hydrogens is 327 g/mol. The monoisotopic (exact) mass is 354 g/mol. The molecule has 1 atom stereocenters. The maximum atomic E-state index is 5.97. The molecule has 0 aromatic carbocycles. The van der Waals surface area contributed by atoms with Crippen LogP contribution in [0.2, 0.25) is 0 Å². The summed E-state index contributed by atoms with van der Waals surface area (Å²) in [6.45, 7) is 6.91. The third-order valence-electron chi connectivity index (χ3n) is 3.36. The molecule has 0 heterocycles. The van der Waals surface area contributed by atoms with Crippen LogP contribution in [0.4, 0.5) is 0 Å². The fraction of sp³-hybridized carbons (Fsp3) is 0.917. The van der Waals surface area contributed by atoms with Gasteiger partial charge in [0.1, 0.15) is 0 Å². The summed E-state index contributed by atoms with van der Waals surface area (Å²) in [6.07, 6.45) is 2.70. The van der Waals surface area contributed by atoms with Gasteiger partial charge in [0.25, 0.3) is 0 Å². The molecule has 1 rings (SSSR count). The van der Waals surface area contributed by atoms with E-state index in [-0.39, 0.29) is 24.0 Å². The van der Waals surface area contributed by atoms with Gasteiger partial charge in [-0.3, -0.25) is 4.99 Å². The molecule has 17 heavy (non-hydrogen) atoms. The predicted molar refractivity (Wildman–Crippen MR) is 85.0 cm³/mol. The van der Waals surface area contributed by atoms with Gasteiger partial charge in [0.05, 0.1) is 6.54 Å². The van der Waals surface area contributed by atoms with Crippen LogP contribution in [0, 0.1) is 5.92 Å². The van der Waals surface area contributed by atoms with Crippen LogP contribution in [0.15, 0.2) is 4.99 Å². The highest BCUT2D eigenvalue weighted by atomic mass is 127. The Labute approximate surface area is 123 Å². The second-order valence-electron chi connectivity index (χ2n) is 4.74. The van der Waals surface area contributed by atoms with Crippen molar-refractivity contribution in [2.75, 3.05) is 33.7 Å². The third kappa shape index (κ3) is 5.42. The summed E-state index contributed by atoms with van der Waals surface area (Å²) in [4.78, 5) is 8.90. The summed E-state index contributed by atoms with van der Waals surface area (Å²) in [5.74, 6) is 1.53. The Morgan fingerprint density at radius 1 is 1.29 bits per heavy atom. The summed E-state index contributed by atoms with van der Waals surface area (Å²) < 4.78 is 0. The Bertz CT molecular complexity index is 233. The van der Waals surface area contributed by atoms with Crippen molar-refractivity contribution in [3.63, 3.8) is 0 Å². The number of hydrogen-bond acceptors (Lipinski definition) is 2. The molecule has 5 heteroatoms. The van der Waals surface area contributed by atoms with E-state index in [0.717, 1.165) is 25.6 Å². The molecule has 0 bridgehead atoms. The molecule has 0 spiro atoms. The Kier molecular flexibility index (Phi) is 8.11. The lowest BCUT2D eigenvalue weighted by atomic mass is 10.2. The number of nitrogens with two attached hydrogens (primary N) is 1. The van der Waals surface area contributed by atoms with Crippen LogP contribution in [0.1, 0.15) is 26.7 Å². The summed E-state index contributed by atoms with van der Waals surface area (Å²) in [7, 11) is 4.26. The standard InChI is InChI=1S/C12H26N4.HI/c1-5-16(6-2)12(13)14-9-11(15(3)4)10-7-8-10;/h10-11H,5-9H2,1-4H3,(H2,13,14);1H. The number of halogens is 1. The van der Waals surface area contributed by atoms with E-state index in [1.54, 1.807) is 0 Å². The summed E-state index contributed by atoms with van der Waals surface area (Å²) in [5, 5.41) is 0. The smallest absolute Gasteiger partial charge is 0.191 e. The second kappa shape index (κ2) is 8.13. The number of likely N-dealkylation sites (N-methyl/N-ethyl adjacent to an activating group) is 1. The Hall–Kier alpha value is -0.0400. The molecule has 102 valence electrons. The first kappa shape index (κ1) is 17.0. The van der Waals surface area contributed by atoms with Crippen molar-refractivity contribution >= 4 is 29.9 Å². The molecule has 1 fully saturated rings. The van der Waals surface area contributed by atoms with Crippen molar-refractivity contribution in [2.24, 2.45) is 16.6 Å². The van der Waals surface area contributed by atoms with Crippen LogP contribution in [0.25, 0.3) is 0 Å². The lowest BCUT2D eigenvalue weighted by molar-refractivity contribution is 0.270. The van der Waals surface area contributed by atoms with Crippen LogP contribution in [0.3, 0.4) is 0 Å². The Morgan fingerprint density at radius 2 is 1.82 bits per heavy atom. The van der Waals surface area contributed by atoms with Crippen molar-refractivity contribution < 1.29 is 0 Å². The van der Waals surface area contributed by atoms with Gasteiger partial charge in [-0.05, 0) is 46.7 Å². The molecule has 1 unspecified atom stereocenters. The molecule has 0 aromatic heterocycles. The van der Waals surface area contributed by atoms with E-state index < -0.39 is 0 Å². The summed E-state index contributed by atoms with van der Waals surface area (Å²) >= 11 is 0. The van der Waals surface area contributed by atoms with E-state index in [1.165, 1.54) is 12.8 Å². The molecule has 0 radical (unpaired) electrons. The normalized spacial score (nSPS) is 17.8. The Balaban J connectivity index is 0.00000256. The van der Waals surface area contributed by atoms with Crippen LogP contribution >= 0.6 is 24.0 Å². The number of nitrogens with zero attached hydrogens (tertiary/aromatic N) is 3. The topological polar surface area (TPSA) is 44.9 Å². The SMILES string of the molecule is CCN(CC)C(N)=NCC(C1CC1)N(C)C.I. The molecule has 0 aromatic rings. The summed E-state index contributed by atoms with van der Waals surface area (Å²) in [5.41, 5.74) is 5.97. The zero-order valence-corrected chi connectivity index (χ0v) is 13.8. The van der Waals surface area contributed by atoms with Gasteiger partial charge in [-0.25, -0.2) is 0 Å². The molecule has 1 saturated carbocycles. The van der Waals surface area contributed by atoms with Gasteiger partial charge in [0.15, 0.2) is 5.96 Å². The molecule has 4 nitrogen and oxygen atoms in total. The lowest BCUT2D eigenvalue weighted by Gasteiger charge is -2.24. The minimum Gasteiger partial charge on any atom is -0.370 e. The largest absolute Gasteiger partial charge is 0.370 e. The average Bonchev–Trinajstić information content (AvgIpc) is 3.03. The van der Waals surface area contributed by atoms with Crippen LogP contribution < -0.4 is 5.73 Å². The lowest BCUT2D eigenvalue weighted by Crippen LogP contribution is -2.39. The number of guanidine groups is 1. The maximum Gasteiger partial charge on any atom is 0.191 e. The van der Waals surface area contributed by atoms with Crippen molar-refractivity contribution in [1.29, 1.82) is 0 Å². The molecule has 0 amide bonds. The fourth-order valence-electron chi connectivity index (χ4n) is 2.05. The maximum absolute atomic E-state index is 5.97.